The van der Waals surface area contributed by atoms with Crippen LogP contribution < -0.4 is 0 Å². The minimum Gasteiger partial charge on any atom is -0.303 e. The minimum atomic E-state index is -3.02. The van der Waals surface area contributed by atoms with Gasteiger partial charge in [-0.1, -0.05) is 41.5 Å². The molecule has 2 saturated heterocycles. The lowest BCUT2D eigenvalue weighted by Crippen LogP contribution is -2.32. The van der Waals surface area contributed by atoms with Gasteiger partial charge < -0.3 is 4.90 Å². The Balaban J connectivity index is 1.74. The Labute approximate surface area is 169 Å². The standard InChI is InChI=1S/C22H44N2O2S/c1-7-14-27(25,26)24-12-9-20(18-24)16-22(5,6)10-13-23-11-8-19(17-23)15-21(2,3)4/h19-20H,7-18H2,1-6H3. The van der Waals surface area contributed by atoms with Crippen molar-refractivity contribution < 1.29 is 8.42 Å². The second-order valence-electron chi connectivity index (χ2n) is 11.2. The monoisotopic (exact) mass is 400 g/mol. The Bertz CT molecular complexity index is 565. The fourth-order valence-corrected chi connectivity index (χ4v) is 6.69. The van der Waals surface area contributed by atoms with Crippen molar-refractivity contribution in [3.63, 3.8) is 0 Å². The molecule has 2 fully saturated rings. The van der Waals surface area contributed by atoms with Crippen molar-refractivity contribution >= 4 is 10.0 Å². The summed E-state index contributed by atoms with van der Waals surface area (Å²) in [6.45, 7) is 18.9. The molecule has 2 aliphatic rings. The summed E-state index contributed by atoms with van der Waals surface area (Å²) in [7, 11) is -3.02. The maximum atomic E-state index is 12.3. The average Bonchev–Trinajstić information content (AvgIpc) is 3.13. The first-order chi connectivity index (χ1) is 12.4. The lowest BCUT2D eigenvalue weighted by molar-refractivity contribution is 0.201. The lowest BCUT2D eigenvalue weighted by Gasteiger charge is -2.30. The summed E-state index contributed by atoms with van der Waals surface area (Å²) >= 11 is 0. The fraction of sp³-hybridized carbons (Fsp3) is 1.00. The zero-order chi connectivity index (χ0) is 20.3. The van der Waals surface area contributed by atoms with Crippen LogP contribution in [-0.4, -0.2) is 56.1 Å². The van der Waals surface area contributed by atoms with Gasteiger partial charge in [0, 0.05) is 19.6 Å². The summed E-state index contributed by atoms with van der Waals surface area (Å²) in [5.41, 5.74) is 0.726. The summed E-state index contributed by atoms with van der Waals surface area (Å²) in [5, 5.41) is 0. The molecule has 0 amide bonds. The molecule has 2 unspecified atom stereocenters. The van der Waals surface area contributed by atoms with Crippen molar-refractivity contribution in [1.82, 2.24) is 9.21 Å². The first-order valence-electron chi connectivity index (χ1n) is 11.1. The van der Waals surface area contributed by atoms with Crippen molar-refractivity contribution in [2.75, 3.05) is 38.5 Å². The number of rotatable bonds is 9. The number of sulfonamides is 1. The molecule has 2 heterocycles. The normalized spacial score (nSPS) is 26.1. The maximum Gasteiger partial charge on any atom is 0.214 e. The first kappa shape index (κ1) is 23.2. The predicted octanol–water partition coefficient (Wildman–Crippen LogP) is 4.61. The largest absolute Gasteiger partial charge is 0.303 e. The van der Waals surface area contributed by atoms with Crippen molar-refractivity contribution in [2.24, 2.45) is 22.7 Å². The van der Waals surface area contributed by atoms with Crippen LogP contribution in [0.1, 0.15) is 80.1 Å². The highest BCUT2D eigenvalue weighted by molar-refractivity contribution is 7.89. The second-order valence-corrected chi connectivity index (χ2v) is 13.3. The number of hydrogen-bond donors (Lipinski definition) is 0. The van der Waals surface area contributed by atoms with Crippen molar-refractivity contribution in [3.05, 3.63) is 0 Å². The molecule has 0 radical (unpaired) electrons. The molecule has 2 rings (SSSR count). The second kappa shape index (κ2) is 9.13. The van der Waals surface area contributed by atoms with Crippen LogP contribution in [0.2, 0.25) is 0 Å². The number of hydrogen-bond acceptors (Lipinski definition) is 3. The predicted molar refractivity (Wildman–Crippen MR) is 115 cm³/mol. The lowest BCUT2D eigenvalue weighted by atomic mass is 9.79. The van der Waals surface area contributed by atoms with E-state index < -0.39 is 10.0 Å². The molecule has 0 N–H and O–H groups in total. The van der Waals surface area contributed by atoms with Crippen LogP contribution in [-0.2, 0) is 10.0 Å². The van der Waals surface area contributed by atoms with Gasteiger partial charge in [0.25, 0.3) is 0 Å². The third kappa shape index (κ3) is 7.66. The van der Waals surface area contributed by atoms with Gasteiger partial charge in [-0.3, -0.25) is 0 Å². The SMILES string of the molecule is CCCS(=O)(=O)N1CCC(CC(C)(C)CCN2CCC(CC(C)(C)C)C2)C1. The Hall–Kier alpha value is -0.130. The Morgan fingerprint density at radius 1 is 0.926 bits per heavy atom. The van der Waals surface area contributed by atoms with Gasteiger partial charge in [0.05, 0.1) is 5.75 Å². The molecule has 4 nitrogen and oxygen atoms in total. The van der Waals surface area contributed by atoms with E-state index in [1.807, 2.05) is 6.92 Å². The highest BCUT2D eigenvalue weighted by Crippen LogP contribution is 2.36. The highest BCUT2D eigenvalue weighted by Gasteiger charge is 2.34. The van der Waals surface area contributed by atoms with E-state index in [-0.39, 0.29) is 5.41 Å². The van der Waals surface area contributed by atoms with Gasteiger partial charge in [-0.05, 0) is 74.3 Å². The van der Waals surface area contributed by atoms with E-state index in [0.717, 1.165) is 31.8 Å². The van der Waals surface area contributed by atoms with Gasteiger partial charge in [-0.15, -0.1) is 0 Å². The third-order valence-electron chi connectivity index (χ3n) is 6.32. The van der Waals surface area contributed by atoms with Crippen LogP contribution in [0, 0.1) is 22.7 Å². The molecule has 0 aromatic heterocycles. The molecule has 0 aliphatic carbocycles. The summed E-state index contributed by atoms with van der Waals surface area (Å²) in [5.74, 6) is 1.69. The average molecular weight is 401 g/mol. The molecule has 0 saturated carbocycles. The molecule has 5 heteroatoms. The molecular formula is C22H44N2O2S. The minimum absolute atomic E-state index is 0.289. The van der Waals surface area contributed by atoms with Crippen LogP contribution >= 0.6 is 0 Å². The van der Waals surface area contributed by atoms with E-state index in [0.29, 0.717) is 23.5 Å². The Kier molecular flexibility index (Phi) is 7.83. The van der Waals surface area contributed by atoms with Crippen LogP contribution in [0.25, 0.3) is 0 Å². The van der Waals surface area contributed by atoms with Gasteiger partial charge in [-0.2, -0.15) is 0 Å². The maximum absolute atomic E-state index is 12.3. The molecule has 0 aromatic carbocycles. The van der Waals surface area contributed by atoms with Gasteiger partial charge >= 0.3 is 0 Å². The molecule has 27 heavy (non-hydrogen) atoms. The Morgan fingerprint density at radius 3 is 2.19 bits per heavy atom. The Morgan fingerprint density at radius 2 is 1.56 bits per heavy atom. The molecule has 160 valence electrons. The van der Waals surface area contributed by atoms with E-state index >= 15 is 0 Å². The molecule has 2 atom stereocenters. The topological polar surface area (TPSA) is 40.6 Å². The van der Waals surface area contributed by atoms with Gasteiger partial charge in [0.1, 0.15) is 0 Å². The van der Waals surface area contributed by atoms with E-state index in [1.165, 1.54) is 38.9 Å². The zero-order valence-corrected chi connectivity index (χ0v) is 19.6. The molecular weight excluding hydrogens is 356 g/mol. The zero-order valence-electron chi connectivity index (χ0n) is 18.8. The van der Waals surface area contributed by atoms with Crippen LogP contribution in [0.15, 0.2) is 0 Å². The molecule has 2 aliphatic heterocycles. The van der Waals surface area contributed by atoms with Crippen molar-refractivity contribution in [3.8, 4) is 0 Å². The van der Waals surface area contributed by atoms with E-state index in [4.69, 9.17) is 0 Å². The molecule has 0 aromatic rings. The quantitative estimate of drug-likeness (QED) is 0.567. The molecule has 0 spiro atoms. The van der Waals surface area contributed by atoms with Gasteiger partial charge in [0.2, 0.25) is 10.0 Å². The van der Waals surface area contributed by atoms with Crippen LogP contribution in [0.3, 0.4) is 0 Å². The molecule has 0 bridgehead atoms. The van der Waals surface area contributed by atoms with E-state index in [1.54, 1.807) is 4.31 Å². The highest BCUT2D eigenvalue weighted by atomic mass is 32.2. The summed E-state index contributed by atoms with van der Waals surface area (Å²) in [6.07, 6.45) is 6.78. The van der Waals surface area contributed by atoms with Crippen molar-refractivity contribution in [2.45, 2.75) is 80.1 Å². The van der Waals surface area contributed by atoms with E-state index in [2.05, 4.69) is 39.5 Å². The first-order valence-corrected chi connectivity index (χ1v) is 12.7. The van der Waals surface area contributed by atoms with Crippen LogP contribution in [0.4, 0.5) is 0 Å². The number of nitrogens with zero attached hydrogens (tertiary/aromatic N) is 2. The van der Waals surface area contributed by atoms with Gasteiger partial charge in [0.15, 0.2) is 0 Å². The van der Waals surface area contributed by atoms with Crippen molar-refractivity contribution in [1.29, 1.82) is 0 Å². The van der Waals surface area contributed by atoms with Crippen LogP contribution in [0.5, 0.6) is 0 Å². The fourth-order valence-electron chi connectivity index (χ4n) is 5.10. The summed E-state index contributed by atoms with van der Waals surface area (Å²) < 4.78 is 26.3. The van der Waals surface area contributed by atoms with Gasteiger partial charge in [-0.25, -0.2) is 12.7 Å². The third-order valence-corrected chi connectivity index (χ3v) is 8.36. The number of likely N-dealkylation sites (tertiary alicyclic amines) is 1. The van der Waals surface area contributed by atoms with E-state index in [9.17, 15) is 8.42 Å². The summed E-state index contributed by atoms with van der Waals surface area (Å²) in [4.78, 5) is 2.66. The smallest absolute Gasteiger partial charge is 0.214 e. The summed E-state index contributed by atoms with van der Waals surface area (Å²) in [6, 6.07) is 0.